The van der Waals surface area contributed by atoms with Gasteiger partial charge in [0.25, 0.3) is 5.91 Å². The van der Waals surface area contributed by atoms with Crippen molar-refractivity contribution in [3.63, 3.8) is 0 Å². The maximum atomic E-state index is 13.2. The molecule has 24 nitrogen and oxygen atoms in total. The molecule has 0 aromatic carbocycles. The van der Waals surface area contributed by atoms with E-state index in [1.54, 1.807) is 9.47 Å². The number of carbonyl (C=O) groups is 3. The molecule has 0 saturated carbocycles. The molecule has 3 aliphatic rings. The van der Waals surface area contributed by atoms with Gasteiger partial charge in [0.2, 0.25) is 11.8 Å². The molecule has 0 aliphatic carbocycles. The summed E-state index contributed by atoms with van der Waals surface area (Å²) >= 11 is 5.65. The van der Waals surface area contributed by atoms with Crippen LogP contribution in [0.15, 0.2) is 18.6 Å². The van der Waals surface area contributed by atoms with E-state index in [2.05, 4.69) is 37.7 Å². The van der Waals surface area contributed by atoms with Crippen LogP contribution >= 0.6 is 12.2 Å². The maximum Gasteiger partial charge on any atom is 0.252 e. The SMILES string of the molecule is CO[C@@H]1OC(CO)[C@@H](O)[C@H](O[C@@H]2OC(C(=O)NCCOCCOCCOCCNC(=S)n3ccc4c(N(C)[C@H]5CN(C(=O)CC#N)CC[C@H]5C)ncnc43)[C@@H](OC)[C@H](O)C2O)C1NC(C)=O. The predicted molar refractivity (Wildman–Crippen MR) is 234 cm³/mol. The molecule has 25 heteroatoms. The van der Waals surface area contributed by atoms with Gasteiger partial charge in [-0.3, -0.25) is 19.0 Å². The normalized spacial score (nSPS) is 28.9. The van der Waals surface area contributed by atoms with Crippen molar-refractivity contribution < 1.29 is 72.7 Å². The Morgan fingerprint density at radius 2 is 1.64 bits per heavy atom. The largest absolute Gasteiger partial charge is 0.394 e. The summed E-state index contributed by atoms with van der Waals surface area (Å²) in [6, 6.07) is 2.73. The van der Waals surface area contributed by atoms with Crippen LogP contribution in [0.2, 0.25) is 0 Å². The summed E-state index contributed by atoms with van der Waals surface area (Å²) < 4.78 is 46.4. The number of fused-ring (bicyclic) bond motifs is 1. The van der Waals surface area contributed by atoms with Crippen LogP contribution in [-0.4, -0.2) is 224 Å². The predicted octanol–water partition coefficient (Wildman–Crippen LogP) is -3.02. The van der Waals surface area contributed by atoms with E-state index in [0.717, 1.165) is 17.6 Å². The number of likely N-dealkylation sites (N-methyl/N-ethyl adjacent to an activating group) is 1. The number of methoxy groups -OCH3 is 2. The van der Waals surface area contributed by atoms with Crippen LogP contribution in [0.4, 0.5) is 5.82 Å². The van der Waals surface area contributed by atoms with E-state index in [1.165, 1.54) is 27.5 Å². The summed E-state index contributed by atoms with van der Waals surface area (Å²) in [7, 11) is 4.47. The second kappa shape index (κ2) is 25.7. The van der Waals surface area contributed by atoms with Crippen molar-refractivity contribution in [2.45, 2.75) is 94.1 Å². The Kier molecular flexibility index (Phi) is 20.6. The molecule has 0 bridgehead atoms. The molecule has 2 aromatic heterocycles. The highest BCUT2D eigenvalue weighted by Gasteiger charge is 2.53. The lowest BCUT2D eigenvalue weighted by molar-refractivity contribution is -0.338. The van der Waals surface area contributed by atoms with Crippen LogP contribution in [0.1, 0.15) is 26.7 Å². The first-order chi connectivity index (χ1) is 31.8. The Morgan fingerprint density at radius 1 is 0.955 bits per heavy atom. The number of thiocarbonyl (C=S) groups is 1. The summed E-state index contributed by atoms with van der Waals surface area (Å²) in [6.45, 7) is 5.91. The van der Waals surface area contributed by atoms with E-state index in [4.69, 9.17) is 55.4 Å². The Balaban J connectivity index is 0.970. The van der Waals surface area contributed by atoms with E-state index >= 15 is 0 Å². The van der Waals surface area contributed by atoms with E-state index in [1.807, 2.05) is 25.4 Å². The van der Waals surface area contributed by atoms with Crippen LogP contribution in [0.25, 0.3) is 11.0 Å². The van der Waals surface area contributed by atoms with Gasteiger partial charge < -0.3 is 84.1 Å². The van der Waals surface area contributed by atoms with Crippen molar-refractivity contribution in [3.8, 4) is 6.07 Å². The van der Waals surface area contributed by atoms with Gasteiger partial charge in [-0.25, -0.2) is 9.97 Å². The number of rotatable bonds is 22. The van der Waals surface area contributed by atoms with E-state index in [9.17, 15) is 34.8 Å². The Morgan fingerprint density at radius 3 is 2.27 bits per heavy atom. The summed E-state index contributed by atoms with van der Waals surface area (Å²) in [6.07, 6.45) is -9.15. The average Bonchev–Trinajstić information content (AvgIpc) is 3.75. The third kappa shape index (κ3) is 13.2. The number of anilines is 1. The third-order valence-corrected chi connectivity index (χ3v) is 12.0. The highest BCUT2D eigenvalue weighted by molar-refractivity contribution is 7.80. The molecule has 12 atom stereocenters. The number of likely N-dealkylation sites (tertiary alicyclic amines) is 1. The van der Waals surface area contributed by atoms with E-state index < -0.39 is 79.8 Å². The number of carbonyl (C=O) groups excluding carboxylic acids is 3. The standard InChI is InChI=1S/C41H63N9O15S/c1-23-7-12-49(28(53)6-9-42)20-26(23)48(3)36-25-8-13-50(37(25)46-22-45-36)41(66)44-11-15-61-17-19-62-18-16-60-14-10-43-38(57)35-34(58-4)31(55)32(56)40(65-35)64-33-29(47-24(2)52)39(59-5)63-27(21-51)30(33)54/h8,13,22-23,26-27,29-35,39-40,51,54-56H,6-7,10-12,14-21H2,1-5H3,(H,43,57)(H,44,66)(H,47,52)/t23-,26+,27?,29?,30-,31-,32?,33-,34+,35?,39-,40-/m1/s1. The van der Waals surface area contributed by atoms with Crippen molar-refractivity contribution in [2.75, 3.05) is 98.6 Å². The number of amides is 3. The van der Waals surface area contributed by atoms with Gasteiger partial charge in [0.05, 0.1) is 63.7 Å². The number of hydrogen-bond donors (Lipinski definition) is 7. The molecule has 66 heavy (non-hydrogen) atoms. The molecule has 3 saturated heterocycles. The van der Waals surface area contributed by atoms with Crippen molar-refractivity contribution >= 4 is 51.9 Å². The smallest absolute Gasteiger partial charge is 0.252 e. The van der Waals surface area contributed by atoms with Crippen LogP contribution in [0.5, 0.6) is 0 Å². The number of nitriles is 1. The van der Waals surface area contributed by atoms with Gasteiger partial charge in [-0.1, -0.05) is 6.92 Å². The fraction of sp³-hybridized carbons (Fsp3) is 0.732. The molecule has 4 unspecified atom stereocenters. The second-order valence-corrected chi connectivity index (χ2v) is 16.4. The number of nitrogens with zero attached hydrogens (tertiary/aromatic N) is 6. The quantitative estimate of drug-likeness (QED) is 0.0457. The van der Waals surface area contributed by atoms with Crippen LogP contribution in [0, 0.1) is 17.2 Å². The topological polar surface area (TPSA) is 303 Å². The zero-order valence-corrected chi connectivity index (χ0v) is 38.5. The summed E-state index contributed by atoms with van der Waals surface area (Å²) in [5, 5.41) is 61.0. The number of nitrogens with one attached hydrogen (secondary N) is 3. The molecule has 3 fully saturated rings. The summed E-state index contributed by atoms with van der Waals surface area (Å²) in [4.78, 5) is 50.5. The van der Waals surface area contributed by atoms with Crippen molar-refractivity contribution in [3.05, 3.63) is 18.6 Å². The fourth-order valence-corrected chi connectivity index (χ4v) is 8.35. The first-order valence-corrected chi connectivity index (χ1v) is 22.1. The molecule has 5 heterocycles. The Hall–Kier alpha value is -4.27. The minimum Gasteiger partial charge on any atom is -0.394 e. The fourth-order valence-electron chi connectivity index (χ4n) is 8.10. The Labute approximate surface area is 387 Å². The summed E-state index contributed by atoms with van der Waals surface area (Å²) in [5.41, 5.74) is 0.634. The molecule has 5 rings (SSSR count). The molecule has 3 aliphatic heterocycles. The van der Waals surface area contributed by atoms with Gasteiger partial charge in [-0.2, -0.15) is 5.26 Å². The molecular formula is C41H63N9O15S. The monoisotopic (exact) mass is 953 g/mol. The van der Waals surface area contributed by atoms with Gasteiger partial charge in [0.15, 0.2) is 29.4 Å². The lowest BCUT2D eigenvalue weighted by Crippen LogP contribution is -2.68. The van der Waals surface area contributed by atoms with Crippen molar-refractivity contribution in [2.24, 2.45) is 5.92 Å². The van der Waals surface area contributed by atoms with Gasteiger partial charge >= 0.3 is 0 Å². The minimum absolute atomic E-state index is 0.00552. The van der Waals surface area contributed by atoms with Crippen LogP contribution in [0.3, 0.4) is 0 Å². The van der Waals surface area contributed by atoms with Gasteiger partial charge in [-0.05, 0) is 30.6 Å². The average molecular weight is 954 g/mol. The molecule has 0 spiro atoms. The lowest BCUT2D eigenvalue weighted by atomic mass is 9.92. The molecular weight excluding hydrogens is 891 g/mol. The highest BCUT2D eigenvalue weighted by atomic mass is 32.1. The maximum absolute atomic E-state index is 13.2. The number of aliphatic hydroxyl groups excluding tert-OH is 4. The molecule has 0 radical (unpaired) electrons. The lowest BCUT2D eigenvalue weighted by Gasteiger charge is -2.47. The zero-order chi connectivity index (χ0) is 47.9. The van der Waals surface area contributed by atoms with Gasteiger partial charge in [0, 0.05) is 60.6 Å². The highest BCUT2D eigenvalue weighted by Crippen LogP contribution is 2.32. The first-order valence-electron chi connectivity index (χ1n) is 21.7. The van der Waals surface area contributed by atoms with Gasteiger partial charge in [0.1, 0.15) is 61.2 Å². The molecule has 7 N–H and O–H groups in total. The van der Waals surface area contributed by atoms with Crippen LogP contribution in [-0.2, 0) is 52.3 Å². The number of piperidine rings is 1. The minimum atomic E-state index is -1.75. The molecule has 2 aromatic rings. The van der Waals surface area contributed by atoms with Crippen LogP contribution < -0.4 is 20.9 Å². The third-order valence-electron chi connectivity index (χ3n) is 11.6. The second-order valence-electron chi connectivity index (χ2n) is 16.0. The number of ether oxygens (including phenoxy) is 8. The molecule has 3 amide bonds. The molecule has 368 valence electrons. The van der Waals surface area contributed by atoms with Crippen molar-refractivity contribution in [1.29, 1.82) is 5.26 Å². The number of aromatic nitrogens is 3. The first kappa shape index (κ1) is 52.7. The number of hydrogen-bond acceptors (Lipinski definition) is 20. The zero-order valence-electron chi connectivity index (χ0n) is 37.7. The van der Waals surface area contributed by atoms with Crippen molar-refractivity contribution in [1.82, 2.24) is 35.4 Å². The van der Waals surface area contributed by atoms with Gasteiger partial charge in [-0.15, -0.1) is 0 Å². The van der Waals surface area contributed by atoms with E-state index in [0.29, 0.717) is 56.1 Å². The van der Waals surface area contributed by atoms with E-state index in [-0.39, 0.29) is 44.7 Å². The number of aliphatic hydroxyl groups is 4. The Bertz CT molecular complexity index is 1940. The summed E-state index contributed by atoms with van der Waals surface area (Å²) in [5.74, 6) is -0.369.